The van der Waals surface area contributed by atoms with Crippen LogP contribution in [0.25, 0.3) is 0 Å². The largest absolute Gasteiger partial charge is 0.379 e. The Kier molecular flexibility index (Phi) is 5.75. The summed E-state index contributed by atoms with van der Waals surface area (Å²) in [5.74, 6) is 0.703. The normalized spacial score (nSPS) is 32.3. The van der Waals surface area contributed by atoms with Crippen LogP contribution in [0.3, 0.4) is 0 Å². The molecule has 100 valence electrons. The molecular weight excluding hydrogens is 212 g/mol. The minimum Gasteiger partial charge on any atom is -0.379 e. The molecular formula is C14H28N2O. The van der Waals surface area contributed by atoms with E-state index >= 15 is 0 Å². The number of rotatable bonds is 4. The van der Waals surface area contributed by atoms with Gasteiger partial charge in [-0.3, -0.25) is 0 Å². The van der Waals surface area contributed by atoms with Gasteiger partial charge in [0.05, 0.1) is 13.2 Å². The van der Waals surface area contributed by atoms with Crippen molar-refractivity contribution in [2.75, 3.05) is 39.4 Å². The molecule has 2 saturated heterocycles. The van der Waals surface area contributed by atoms with E-state index < -0.39 is 0 Å². The number of likely N-dealkylation sites (N-methyl/N-ethyl adjacent to an activating group) is 1. The highest BCUT2D eigenvalue weighted by Gasteiger charge is 2.28. The number of likely N-dealkylation sites (tertiary alicyclic amines) is 1. The lowest BCUT2D eigenvalue weighted by molar-refractivity contribution is 0.162. The molecule has 2 unspecified atom stereocenters. The minimum absolute atomic E-state index is 0.588. The summed E-state index contributed by atoms with van der Waals surface area (Å²) < 4.78 is 5.63. The Morgan fingerprint density at radius 1 is 1.06 bits per heavy atom. The standard InChI is InChI=1S/C14H28N2O/c1-2-15-14-12-17-11-13(14)10-16-8-6-4-3-5-7-9-16/h13-15H,2-12H2,1H3. The van der Waals surface area contributed by atoms with E-state index in [2.05, 4.69) is 17.1 Å². The first kappa shape index (κ1) is 13.3. The second kappa shape index (κ2) is 7.34. The molecule has 3 heteroatoms. The zero-order valence-electron chi connectivity index (χ0n) is 11.3. The van der Waals surface area contributed by atoms with Gasteiger partial charge in [0, 0.05) is 18.5 Å². The van der Waals surface area contributed by atoms with Crippen LogP contribution in [0.15, 0.2) is 0 Å². The second-order valence-corrected chi connectivity index (χ2v) is 5.53. The molecule has 0 aromatic carbocycles. The molecule has 2 rings (SSSR count). The van der Waals surface area contributed by atoms with E-state index in [0.29, 0.717) is 12.0 Å². The van der Waals surface area contributed by atoms with Gasteiger partial charge in [0.25, 0.3) is 0 Å². The molecule has 0 aromatic rings. The van der Waals surface area contributed by atoms with Crippen molar-refractivity contribution in [3.8, 4) is 0 Å². The fourth-order valence-electron chi connectivity index (χ4n) is 3.09. The first-order valence-corrected chi connectivity index (χ1v) is 7.43. The molecule has 0 bridgehead atoms. The van der Waals surface area contributed by atoms with Gasteiger partial charge in [-0.05, 0) is 32.5 Å². The van der Waals surface area contributed by atoms with Crippen LogP contribution in [0.5, 0.6) is 0 Å². The van der Waals surface area contributed by atoms with E-state index in [1.54, 1.807) is 0 Å². The molecule has 0 spiro atoms. The maximum Gasteiger partial charge on any atom is 0.0623 e. The summed E-state index contributed by atoms with van der Waals surface area (Å²) in [5.41, 5.74) is 0. The van der Waals surface area contributed by atoms with Gasteiger partial charge in [-0.2, -0.15) is 0 Å². The number of hydrogen-bond donors (Lipinski definition) is 1. The summed E-state index contributed by atoms with van der Waals surface area (Å²) in [4.78, 5) is 2.67. The van der Waals surface area contributed by atoms with Crippen LogP contribution in [0.1, 0.15) is 39.0 Å². The molecule has 0 saturated carbocycles. The summed E-state index contributed by atoms with van der Waals surface area (Å²) in [6, 6.07) is 0.588. The van der Waals surface area contributed by atoms with Crippen LogP contribution < -0.4 is 5.32 Å². The third kappa shape index (κ3) is 4.23. The van der Waals surface area contributed by atoms with Gasteiger partial charge in [-0.15, -0.1) is 0 Å². The smallest absolute Gasteiger partial charge is 0.0623 e. The van der Waals surface area contributed by atoms with Crippen LogP contribution in [0, 0.1) is 5.92 Å². The van der Waals surface area contributed by atoms with Gasteiger partial charge in [0.1, 0.15) is 0 Å². The summed E-state index contributed by atoms with van der Waals surface area (Å²) in [6.07, 6.45) is 7.07. The summed E-state index contributed by atoms with van der Waals surface area (Å²) in [7, 11) is 0. The van der Waals surface area contributed by atoms with Gasteiger partial charge in [0.15, 0.2) is 0 Å². The van der Waals surface area contributed by atoms with Crippen LogP contribution in [-0.2, 0) is 4.74 Å². The zero-order chi connectivity index (χ0) is 11.9. The topological polar surface area (TPSA) is 24.5 Å². The monoisotopic (exact) mass is 240 g/mol. The first-order valence-electron chi connectivity index (χ1n) is 7.43. The Morgan fingerprint density at radius 3 is 2.47 bits per heavy atom. The van der Waals surface area contributed by atoms with Gasteiger partial charge in [-0.25, -0.2) is 0 Å². The van der Waals surface area contributed by atoms with Gasteiger partial charge in [0.2, 0.25) is 0 Å². The molecule has 3 nitrogen and oxygen atoms in total. The maximum absolute atomic E-state index is 5.63. The highest BCUT2D eigenvalue weighted by atomic mass is 16.5. The molecule has 17 heavy (non-hydrogen) atoms. The molecule has 0 aliphatic carbocycles. The van der Waals surface area contributed by atoms with Crippen LogP contribution in [0.4, 0.5) is 0 Å². The van der Waals surface area contributed by atoms with E-state index in [9.17, 15) is 0 Å². The Hall–Kier alpha value is -0.120. The van der Waals surface area contributed by atoms with Gasteiger partial charge >= 0.3 is 0 Å². The van der Waals surface area contributed by atoms with Crippen molar-refractivity contribution < 1.29 is 4.74 Å². The SMILES string of the molecule is CCNC1COCC1CN1CCCCCCC1. The number of hydrogen-bond acceptors (Lipinski definition) is 3. The molecule has 2 atom stereocenters. The van der Waals surface area contributed by atoms with Crippen molar-refractivity contribution in [3.05, 3.63) is 0 Å². The van der Waals surface area contributed by atoms with Crippen molar-refractivity contribution in [1.29, 1.82) is 0 Å². The molecule has 0 radical (unpaired) electrons. The molecule has 2 heterocycles. The van der Waals surface area contributed by atoms with Crippen LogP contribution in [0.2, 0.25) is 0 Å². The Morgan fingerprint density at radius 2 is 1.76 bits per heavy atom. The Balaban J connectivity index is 1.77. The van der Waals surface area contributed by atoms with Gasteiger partial charge < -0.3 is 15.0 Å². The lowest BCUT2D eigenvalue weighted by atomic mass is 10.0. The molecule has 2 aliphatic heterocycles. The Labute approximate surface area is 106 Å². The number of nitrogens with zero attached hydrogens (tertiary/aromatic N) is 1. The van der Waals surface area contributed by atoms with Crippen molar-refractivity contribution in [2.24, 2.45) is 5.92 Å². The zero-order valence-corrected chi connectivity index (χ0v) is 11.3. The van der Waals surface area contributed by atoms with Crippen LogP contribution in [-0.4, -0.2) is 50.3 Å². The Bertz CT molecular complexity index is 202. The molecule has 0 aromatic heterocycles. The maximum atomic E-state index is 5.63. The van der Waals surface area contributed by atoms with Crippen LogP contribution >= 0.6 is 0 Å². The predicted octanol–water partition coefficient (Wildman–Crippen LogP) is 1.88. The number of nitrogens with one attached hydrogen (secondary N) is 1. The summed E-state index contributed by atoms with van der Waals surface area (Å²) in [5, 5.41) is 3.56. The average molecular weight is 240 g/mol. The van der Waals surface area contributed by atoms with Crippen molar-refractivity contribution in [3.63, 3.8) is 0 Å². The fraction of sp³-hybridized carbons (Fsp3) is 1.00. The predicted molar refractivity (Wildman–Crippen MR) is 71.3 cm³/mol. The van der Waals surface area contributed by atoms with E-state index in [-0.39, 0.29) is 0 Å². The summed E-state index contributed by atoms with van der Waals surface area (Å²) in [6.45, 7) is 8.94. The lowest BCUT2D eigenvalue weighted by Crippen LogP contribution is -2.42. The van der Waals surface area contributed by atoms with E-state index in [0.717, 1.165) is 19.8 Å². The van der Waals surface area contributed by atoms with Crippen molar-refractivity contribution in [1.82, 2.24) is 10.2 Å². The molecule has 2 fully saturated rings. The van der Waals surface area contributed by atoms with Gasteiger partial charge in [-0.1, -0.05) is 26.2 Å². The highest BCUT2D eigenvalue weighted by molar-refractivity contribution is 4.83. The molecule has 2 aliphatic rings. The average Bonchev–Trinajstić information content (AvgIpc) is 2.70. The van der Waals surface area contributed by atoms with Crippen molar-refractivity contribution >= 4 is 0 Å². The van der Waals surface area contributed by atoms with E-state index in [4.69, 9.17) is 4.74 Å². The van der Waals surface area contributed by atoms with E-state index in [1.165, 1.54) is 51.7 Å². The first-order chi connectivity index (χ1) is 8.40. The van der Waals surface area contributed by atoms with Crippen molar-refractivity contribution in [2.45, 2.75) is 45.1 Å². The number of ether oxygens (including phenoxy) is 1. The quantitative estimate of drug-likeness (QED) is 0.812. The molecule has 1 N–H and O–H groups in total. The fourth-order valence-corrected chi connectivity index (χ4v) is 3.09. The third-order valence-electron chi connectivity index (χ3n) is 4.11. The highest BCUT2D eigenvalue weighted by Crippen LogP contribution is 2.18. The molecule has 0 amide bonds. The second-order valence-electron chi connectivity index (χ2n) is 5.53. The minimum atomic E-state index is 0.588. The third-order valence-corrected chi connectivity index (χ3v) is 4.11. The summed E-state index contributed by atoms with van der Waals surface area (Å²) >= 11 is 0. The van der Waals surface area contributed by atoms with E-state index in [1.807, 2.05) is 0 Å². The lowest BCUT2D eigenvalue weighted by Gasteiger charge is -2.29.